The van der Waals surface area contributed by atoms with Gasteiger partial charge in [-0.15, -0.1) is 0 Å². The maximum Gasteiger partial charge on any atom is 0.143 e. The minimum atomic E-state index is 0.830. The third-order valence-corrected chi connectivity index (χ3v) is 2.35. The van der Waals surface area contributed by atoms with Crippen molar-refractivity contribution >= 4 is 11.0 Å². The van der Waals surface area contributed by atoms with E-state index in [1.807, 2.05) is 20.2 Å². The van der Waals surface area contributed by atoms with E-state index in [-0.39, 0.29) is 0 Å². The highest BCUT2D eigenvalue weighted by Gasteiger charge is 2.05. The highest BCUT2D eigenvalue weighted by Crippen LogP contribution is 2.15. The van der Waals surface area contributed by atoms with Crippen LogP contribution in [0.5, 0.6) is 0 Å². The number of nitrogens with zero attached hydrogens (tertiary/aromatic N) is 3. The molecule has 0 N–H and O–H groups in total. The molecule has 13 heavy (non-hydrogen) atoms. The lowest BCUT2D eigenvalue weighted by molar-refractivity contribution is 0.849. The quantitative estimate of drug-likeness (QED) is 0.662. The van der Waals surface area contributed by atoms with Crippen LogP contribution in [0.2, 0.25) is 0 Å². The lowest BCUT2D eigenvalue weighted by Gasteiger charge is -1.99. The van der Waals surface area contributed by atoms with Gasteiger partial charge in [-0.3, -0.25) is 0 Å². The Morgan fingerprint density at radius 3 is 2.92 bits per heavy atom. The summed E-state index contributed by atoms with van der Waals surface area (Å²) in [6.07, 6.45) is 2.92. The summed E-state index contributed by atoms with van der Waals surface area (Å²) in [7, 11) is 2.05. The van der Waals surface area contributed by atoms with Crippen LogP contribution in [0.15, 0.2) is 12.3 Å². The van der Waals surface area contributed by atoms with Crippen LogP contribution in [0, 0.1) is 6.92 Å². The van der Waals surface area contributed by atoms with Gasteiger partial charge in [-0.1, -0.05) is 6.92 Å². The Kier molecular flexibility index (Phi) is 1.79. The van der Waals surface area contributed by atoms with E-state index in [4.69, 9.17) is 0 Å². The molecular formula is C10H13N3. The van der Waals surface area contributed by atoms with Crippen LogP contribution in [0.3, 0.4) is 0 Å². The molecule has 0 bridgehead atoms. The fourth-order valence-corrected chi connectivity index (χ4v) is 1.59. The molecule has 0 aliphatic rings. The second kappa shape index (κ2) is 2.83. The maximum absolute atomic E-state index is 4.40. The van der Waals surface area contributed by atoms with Gasteiger partial charge >= 0.3 is 0 Å². The van der Waals surface area contributed by atoms with Crippen molar-refractivity contribution in [3.63, 3.8) is 0 Å². The fourth-order valence-electron chi connectivity index (χ4n) is 1.59. The van der Waals surface area contributed by atoms with Crippen molar-refractivity contribution in [1.29, 1.82) is 0 Å². The van der Waals surface area contributed by atoms with Crippen LogP contribution >= 0.6 is 0 Å². The molecule has 2 aromatic rings. The van der Waals surface area contributed by atoms with Crippen molar-refractivity contribution < 1.29 is 0 Å². The smallest absolute Gasteiger partial charge is 0.143 e. The van der Waals surface area contributed by atoms with Crippen molar-refractivity contribution in [2.45, 2.75) is 20.3 Å². The second-order valence-electron chi connectivity index (χ2n) is 3.24. The molecule has 0 aliphatic carbocycles. The van der Waals surface area contributed by atoms with Crippen molar-refractivity contribution in [2.75, 3.05) is 0 Å². The fraction of sp³-hybridized carbons (Fsp3) is 0.400. The van der Waals surface area contributed by atoms with E-state index in [0.717, 1.165) is 23.3 Å². The molecule has 0 fully saturated rings. The lowest BCUT2D eigenvalue weighted by Crippen LogP contribution is -1.96. The van der Waals surface area contributed by atoms with Gasteiger partial charge in [0, 0.05) is 24.3 Å². The van der Waals surface area contributed by atoms with Gasteiger partial charge < -0.3 is 4.57 Å². The summed E-state index contributed by atoms with van der Waals surface area (Å²) in [5.74, 6) is 0.830. The molecule has 0 aliphatic heterocycles. The summed E-state index contributed by atoms with van der Waals surface area (Å²) in [6.45, 7) is 4.06. The van der Waals surface area contributed by atoms with E-state index in [9.17, 15) is 0 Å². The van der Waals surface area contributed by atoms with Crippen LogP contribution in [0.1, 0.15) is 18.4 Å². The Hall–Kier alpha value is -1.38. The summed E-state index contributed by atoms with van der Waals surface area (Å²) in [5, 5.41) is 1.13. The number of aromatic nitrogens is 3. The monoisotopic (exact) mass is 175 g/mol. The average molecular weight is 175 g/mol. The second-order valence-corrected chi connectivity index (χ2v) is 3.24. The van der Waals surface area contributed by atoms with Crippen LogP contribution in [-0.2, 0) is 13.5 Å². The zero-order valence-electron chi connectivity index (χ0n) is 8.20. The minimum absolute atomic E-state index is 0.830. The first-order valence-electron chi connectivity index (χ1n) is 4.50. The Morgan fingerprint density at radius 2 is 2.23 bits per heavy atom. The molecular weight excluding hydrogens is 162 g/mol. The van der Waals surface area contributed by atoms with Crippen molar-refractivity contribution in [2.24, 2.45) is 7.05 Å². The maximum atomic E-state index is 4.40. The summed E-state index contributed by atoms with van der Waals surface area (Å²) in [4.78, 5) is 8.57. The molecule has 3 heteroatoms. The number of fused-ring (bicyclic) bond motifs is 1. The van der Waals surface area contributed by atoms with E-state index in [1.165, 1.54) is 5.69 Å². The Labute approximate surface area is 77.4 Å². The van der Waals surface area contributed by atoms with E-state index in [1.54, 1.807) is 0 Å². The summed E-state index contributed by atoms with van der Waals surface area (Å²) in [5.41, 5.74) is 2.33. The van der Waals surface area contributed by atoms with Gasteiger partial charge in [0.1, 0.15) is 11.5 Å². The van der Waals surface area contributed by atoms with Gasteiger partial charge in [0.2, 0.25) is 0 Å². The molecule has 0 spiro atoms. The van der Waals surface area contributed by atoms with Crippen LogP contribution in [0.25, 0.3) is 11.0 Å². The molecule has 0 atom stereocenters. The average Bonchev–Trinajstić information content (AvgIpc) is 2.44. The predicted molar refractivity (Wildman–Crippen MR) is 52.6 cm³/mol. The zero-order chi connectivity index (χ0) is 9.42. The molecule has 2 rings (SSSR count). The highest BCUT2D eigenvalue weighted by atomic mass is 15.0. The van der Waals surface area contributed by atoms with Crippen LogP contribution in [0.4, 0.5) is 0 Å². The van der Waals surface area contributed by atoms with Crippen LogP contribution in [-0.4, -0.2) is 14.5 Å². The standard InChI is InChI=1S/C10H13N3/c1-4-9-5-8-6-11-7(2)12-10(8)13(9)3/h5-6H,4H2,1-3H3. The normalized spacial score (nSPS) is 11.0. The highest BCUT2D eigenvalue weighted by molar-refractivity contribution is 5.76. The molecule has 2 heterocycles. The number of hydrogen-bond acceptors (Lipinski definition) is 2. The first kappa shape index (κ1) is 8.23. The summed E-state index contributed by atoms with van der Waals surface area (Å²) in [6, 6.07) is 2.15. The Bertz CT molecular complexity index is 443. The Morgan fingerprint density at radius 1 is 1.46 bits per heavy atom. The number of aryl methyl sites for hydroxylation is 3. The topological polar surface area (TPSA) is 30.7 Å². The molecule has 2 aromatic heterocycles. The van der Waals surface area contributed by atoms with E-state index in [0.29, 0.717) is 0 Å². The molecule has 0 aromatic carbocycles. The molecule has 0 amide bonds. The minimum Gasteiger partial charge on any atom is -0.333 e. The molecule has 0 radical (unpaired) electrons. The van der Waals surface area contributed by atoms with Crippen molar-refractivity contribution in [3.8, 4) is 0 Å². The van der Waals surface area contributed by atoms with Gasteiger partial charge in [0.05, 0.1) is 0 Å². The first-order chi connectivity index (χ1) is 6.22. The predicted octanol–water partition coefficient (Wildman–Crippen LogP) is 1.84. The van der Waals surface area contributed by atoms with E-state index >= 15 is 0 Å². The molecule has 0 saturated heterocycles. The van der Waals surface area contributed by atoms with Gasteiger partial charge in [-0.2, -0.15) is 0 Å². The third kappa shape index (κ3) is 1.20. The molecule has 0 saturated carbocycles. The Balaban J connectivity index is 2.77. The van der Waals surface area contributed by atoms with Gasteiger partial charge in [0.15, 0.2) is 0 Å². The largest absolute Gasteiger partial charge is 0.333 e. The first-order valence-corrected chi connectivity index (χ1v) is 4.50. The lowest BCUT2D eigenvalue weighted by atomic mass is 10.3. The van der Waals surface area contributed by atoms with Gasteiger partial charge in [-0.25, -0.2) is 9.97 Å². The van der Waals surface area contributed by atoms with Gasteiger partial charge in [-0.05, 0) is 19.4 Å². The van der Waals surface area contributed by atoms with E-state index < -0.39 is 0 Å². The van der Waals surface area contributed by atoms with Crippen molar-refractivity contribution in [1.82, 2.24) is 14.5 Å². The number of hydrogen-bond donors (Lipinski definition) is 0. The summed E-state index contributed by atoms with van der Waals surface area (Å²) < 4.78 is 2.13. The number of rotatable bonds is 1. The third-order valence-electron chi connectivity index (χ3n) is 2.35. The molecule has 0 unspecified atom stereocenters. The summed E-state index contributed by atoms with van der Waals surface area (Å²) >= 11 is 0. The van der Waals surface area contributed by atoms with E-state index in [2.05, 4.69) is 27.5 Å². The van der Waals surface area contributed by atoms with Crippen molar-refractivity contribution in [3.05, 3.63) is 23.8 Å². The zero-order valence-corrected chi connectivity index (χ0v) is 8.20. The SMILES string of the molecule is CCc1cc2cnc(C)nc2n1C. The molecule has 68 valence electrons. The van der Waals surface area contributed by atoms with Gasteiger partial charge in [0.25, 0.3) is 0 Å². The molecule has 3 nitrogen and oxygen atoms in total. The van der Waals surface area contributed by atoms with Crippen LogP contribution < -0.4 is 0 Å².